The molecule has 0 unspecified atom stereocenters. The highest BCUT2D eigenvalue weighted by Gasteiger charge is 2.35. The van der Waals surface area contributed by atoms with Crippen molar-refractivity contribution in [3.63, 3.8) is 0 Å². The molecule has 1 saturated heterocycles. The van der Waals surface area contributed by atoms with Crippen LogP contribution in [0.15, 0.2) is 18.2 Å². The SMILES string of the molecule is N#Cc1ccc(OC[C@H]2CC[C@@H](NCC(=O)N3C[C@@H](F)C[C@H]3C#N)C2)cc1F. The van der Waals surface area contributed by atoms with Gasteiger partial charge in [-0.05, 0) is 37.3 Å². The molecule has 1 aliphatic carbocycles. The van der Waals surface area contributed by atoms with Gasteiger partial charge in [-0.2, -0.15) is 10.5 Å². The molecule has 4 atom stereocenters. The molecule has 1 saturated carbocycles. The molecule has 1 N–H and O–H groups in total. The molecule has 2 fully saturated rings. The van der Waals surface area contributed by atoms with Gasteiger partial charge in [-0.25, -0.2) is 8.78 Å². The van der Waals surface area contributed by atoms with E-state index in [0.717, 1.165) is 19.3 Å². The van der Waals surface area contributed by atoms with E-state index in [0.29, 0.717) is 12.4 Å². The van der Waals surface area contributed by atoms with Crippen LogP contribution in [0.5, 0.6) is 5.75 Å². The van der Waals surface area contributed by atoms with Gasteiger partial charge < -0.3 is 15.0 Å². The van der Waals surface area contributed by atoms with E-state index in [1.54, 1.807) is 12.1 Å². The molecule has 3 rings (SSSR count). The predicted octanol–water partition coefficient (Wildman–Crippen LogP) is 2.30. The first-order chi connectivity index (χ1) is 13.5. The minimum absolute atomic E-state index is 0.0129. The van der Waals surface area contributed by atoms with Gasteiger partial charge in [0.15, 0.2) is 0 Å². The monoisotopic (exact) mass is 388 g/mol. The fourth-order valence-electron chi connectivity index (χ4n) is 3.82. The number of amides is 1. The van der Waals surface area contributed by atoms with Crippen LogP contribution in [0.3, 0.4) is 0 Å². The van der Waals surface area contributed by atoms with Crippen molar-refractivity contribution in [3.8, 4) is 17.9 Å². The maximum atomic E-state index is 13.6. The Hall–Kier alpha value is -2.71. The summed E-state index contributed by atoms with van der Waals surface area (Å²) in [6.45, 7) is 0.509. The number of ether oxygens (including phenoxy) is 1. The Kier molecular flexibility index (Phi) is 6.43. The van der Waals surface area contributed by atoms with Gasteiger partial charge >= 0.3 is 0 Å². The summed E-state index contributed by atoms with van der Waals surface area (Å²) in [7, 11) is 0. The molecular weight excluding hydrogens is 366 g/mol. The van der Waals surface area contributed by atoms with Crippen LogP contribution in [0.25, 0.3) is 0 Å². The lowest BCUT2D eigenvalue weighted by molar-refractivity contribution is -0.130. The second kappa shape index (κ2) is 8.99. The summed E-state index contributed by atoms with van der Waals surface area (Å²) >= 11 is 0. The van der Waals surface area contributed by atoms with Gasteiger partial charge in [-0.15, -0.1) is 0 Å². The lowest BCUT2D eigenvalue weighted by Crippen LogP contribution is -2.43. The number of nitrogens with one attached hydrogen (secondary N) is 1. The van der Waals surface area contributed by atoms with Crippen LogP contribution < -0.4 is 10.1 Å². The van der Waals surface area contributed by atoms with Gasteiger partial charge in [0, 0.05) is 18.5 Å². The predicted molar refractivity (Wildman–Crippen MR) is 96.4 cm³/mol. The molecule has 1 amide bonds. The minimum Gasteiger partial charge on any atom is -0.493 e. The molecule has 8 heteroatoms. The third-order valence-electron chi connectivity index (χ3n) is 5.35. The molecule has 1 aliphatic heterocycles. The number of alkyl halides is 1. The average molecular weight is 388 g/mol. The Morgan fingerprint density at radius 3 is 2.86 bits per heavy atom. The Labute approximate surface area is 162 Å². The number of hydrogen-bond acceptors (Lipinski definition) is 5. The van der Waals surface area contributed by atoms with Crippen molar-refractivity contribution in [1.82, 2.24) is 10.2 Å². The van der Waals surface area contributed by atoms with Crippen molar-refractivity contribution >= 4 is 5.91 Å². The summed E-state index contributed by atoms with van der Waals surface area (Å²) in [5.74, 6) is -0.183. The lowest BCUT2D eigenvalue weighted by Gasteiger charge is -2.21. The molecule has 28 heavy (non-hydrogen) atoms. The quantitative estimate of drug-likeness (QED) is 0.808. The fourth-order valence-corrected chi connectivity index (χ4v) is 3.82. The molecule has 1 aromatic rings. The van der Waals surface area contributed by atoms with E-state index in [1.807, 2.05) is 6.07 Å². The Bertz CT molecular complexity index is 804. The molecule has 6 nitrogen and oxygen atoms in total. The van der Waals surface area contributed by atoms with E-state index in [2.05, 4.69) is 5.32 Å². The Morgan fingerprint density at radius 2 is 2.14 bits per heavy atom. The zero-order valence-electron chi connectivity index (χ0n) is 15.4. The first kappa shape index (κ1) is 20.0. The smallest absolute Gasteiger partial charge is 0.237 e. The van der Waals surface area contributed by atoms with E-state index >= 15 is 0 Å². The summed E-state index contributed by atoms with van der Waals surface area (Å²) in [4.78, 5) is 13.6. The number of carbonyl (C=O) groups is 1. The van der Waals surface area contributed by atoms with E-state index in [4.69, 9.17) is 15.3 Å². The van der Waals surface area contributed by atoms with Crippen molar-refractivity contribution in [2.45, 2.75) is 43.9 Å². The second-order valence-corrected chi connectivity index (χ2v) is 7.35. The van der Waals surface area contributed by atoms with Crippen LogP contribution in [0, 0.1) is 34.4 Å². The van der Waals surface area contributed by atoms with Gasteiger partial charge in [0.25, 0.3) is 0 Å². The number of nitrogens with zero attached hydrogens (tertiary/aromatic N) is 3. The normalized spacial score (nSPS) is 26.6. The largest absolute Gasteiger partial charge is 0.493 e. The molecule has 0 aromatic heterocycles. The number of halogens is 2. The number of nitriles is 2. The average Bonchev–Trinajstić information content (AvgIpc) is 3.30. The Morgan fingerprint density at radius 1 is 1.32 bits per heavy atom. The number of benzene rings is 1. The molecule has 1 aromatic carbocycles. The summed E-state index contributed by atoms with van der Waals surface area (Å²) in [5, 5.41) is 21.0. The second-order valence-electron chi connectivity index (χ2n) is 7.35. The van der Waals surface area contributed by atoms with Gasteiger partial charge in [-0.1, -0.05) is 0 Å². The molecule has 0 bridgehead atoms. The van der Waals surface area contributed by atoms with Gasteiger partial charge in [0.2, 0.25) is 5.91 Å². The molecule has 2 aliphatic rings. The number of likely N-dealkylation sites (tertiary alicyclic amines) is 1. The first-order valence-corrected chi connectivity index (χ1v) is 9.39. The molecule has 0 radical (unpaired) electrons. The van der Waals surface area contributed by atoms with Crippen molar-refractivity contribution in [1.29, 1.82) is 10.5 Å². The van der Waals surface area contributed by atoms with Gasteiger partial charge in [0.1, 0.15) is 29.8 Å². The highest BCUT2D eigenvalue weighted by molar-refractivity contribution is 5.79. The standard InChI is InChI=1S/C20H22F2N4O2/c21-15-6-17(9-24)26(11-15)20(27)10-25-16-3-1-13(5-16)12-28-18-4-2-14(8-23)19(22)7-18/h2,4,7,13,15-17,25H,1,3,5-6,10-12H2/t13-,15-,16+,17-/m0/s1. The van der Waals surface area contributed by atoms with Crippen molar-refractivity contribution in [2.75, 3.05) is 19.7 Å². The first-order valence-electron chi connectivity index (χ1n) is 9.39. The van der Waals surface area contributed by atoms with E-state index < -0.39 is 18.0 Å². The zero-order valence-corrected chi connectivity index (χ0v) is 15.4. The highest BCUT2D eigenvalue weighted by Crippen LogP contribution is 2.27. The lowest BCUT2D eigenvalue weighted by atomic mass is 10.1. The summed E-state index contributed by atoms with van der Waals surface area (Å²) in [6, 6.07) is 7.40. The van der Waals surface area contributed by atoms with Crippen LogP contribution in [-0.2, 0) is 4.79 Å². The number of hydrogen-bond donors (Lipinski definition) is 1. The summed E-state index contributed by atoms with van der Waals surface area (Å²) in [5.41, 5.74) is -0.0159. The topological polar surface area (TPSA) is 89.2 Å². The van der Waals surface area contributed by atoms with Crippen LogP contribution in [0.2, 0.25) is 0 Å². The third-order valence-corrected chi connectivity index (χ3v) is 5.35. The van der Waals surface area contributed by atoms with Crippen LogP contribution in [0.4, 0.5) is 8.78 Å². The van der Waals surface area contributed by atoms with Gasteiger partial charge in [0.05, 0.1) is 31.3 Å². The number of rotatable bonds is 6. The maximum absolute atomic E-state index is 13.6. The highest BCUT2D eigenvalue weighted by atomic mass is 19.1. The molecular formula is C20H22F2N4O2. The van der Waals surface area contributed by atoms with Crippen molar-refractivity contribution < 1.29 is 18.3 Å². The third kappa shape index (κ3) is 4.76. The maximum Gasteiger partial charge on any atom is 0.237 e. The van der Waals surface area contributed by atoms with Gasteiger partial charge in [-0.3, -0.25) is 4.79 Å². The van der Waals surface area contributed by atoms with Crippen molar-refractivity contribution in [2.24, 2.45) is 5.92 Å². The molecule has 148 valence electrons. The number of carbonyl (C=O) groups excluding carboxylic acids is 1. The Balaban J connectivity index is 1.41. The van der Waals surface area contributed by atoms with Crippen LogP contribution >= 0.6 is 0 Å². The summed E-state index contributed by atoms with van der Waals surface area (Å²) in [6.07, 6.45) is 1.58. The summed E-state index contributed by atoms with van der Waals surface area (Å²) < 4.78 is 32.7. The van der Waals surface area contributed by atoms with E-state index in [1.165, 1.54) is 17.0 Å². The van der Waals surface area contributed by atoms with Crippen LogP contribution in [-0.4, -0.2) is 48.8 Å². The van der Waals surface area contributed by atoms with Crippen LogP contribution in [0.1, 0.15) is 31.2 Å². The van der Waals surface area contributed by atoms with E-state index in [-0.39, 0.29) is 42.9 Å². The van der Waals surface area contributed by atoms with Crippen molar-refractivity contribution in [3.05, 3.63) is 29.6 Å². The molecule has 1 heterocycles. The fraction of sp³-hybridized carbons (Fsp3) is 0.550. The minimum atomic E-state index is -1.13. The molecule has 0 spiro atoms. The van der Waals surface area contributed by atoms with E-state index in [9.17, 15) is 13.6 Å². The zero-order chi connectivity index (χ0) is 20.1.